The normalized spacial score (nSPS) is 13.7. The van der Waals surface area contributed by atoms with Crippen molar-refractivity contribution >= 4 is 34.6 Å². The van der Waals surface area contributed by atoms with Crippen molar-refractivity contribution < 1.29 is 0 Å². The average molecular weight is 293 g/mol. The summed E-state index contributed by atoms with van der Waals surface area (Å²) in [6.45, 7) is 1.70. The third-order valence-electron chi connectivity index (χ3n) is 3.49. The second-order valence-corrected chi connectivity index (χ2v) is 5.61. The van der Waals surface area contributed by atoms with Crippen LogP contribution in [0.15, 0.2) is 36.4 Å². The fourth-order valence-electron chi connectivity index (χ4n) is 2.59. The van der Waals surface area contributed by atoms with Crippen LogP contribution in [-0.2, 0) is 13.0 Å². The summed E-state index contributed by atoms with van der Waals surface area (Å²) >= 11 is 12.3. The second-order valence-electron chi connectivity index (χ2n) is 4.76. The van der Waals surface area contributed by atoms with Crippen LogP contribution < -0.4 is 10.6 Å². The Kier molecular flexibility index (Phi) is 3.29. The predicted octanol–water partition coefficient (Wildman–Crippen LogP) is 4.14. The molecule has 0 aromatic heterocycles. The molecule has 2 nitrogen and oxygen atoms in total. The van der Waals surface area contributed by atoms with Gasteiger partial charge in [-0.1, -0.05) is 35.3 Å². The number of anilines is 2. The van der Waals surface area contributed by atoms with E-state index in [2.05, 4.69) is 11.0 Å². The lowest BCUT2D eigenvalue weighted by Crippen LogP contribution is -2.20. The summed E-state index contributed by atoms with van der Waals surface area (Å²) in [4.78, 5) is 2.27. The number of rotatable bonds is 2. The number of fused-ring (bicyclic) bond motifs is 1. The Balaban J connectivity index is 1.93. The van der Waals surface area contributed by atoms with Crippen LogP contribution in [-0.4, -0.2) is 6.54 Å². The number of hydrogen-bond donors (Lipinski definition) is 1. The van der Waals surface area contributed by atoms with Gasteiger partial charge in [0.05, 0.1) is 11.4 Å². The molecule has 3 rings (SSSR count). The van der Waals surface area contributed by atoms with E-state index < -0.39 is 0 Å². The van der Waals surface area contributed by atoms with E-state index >= 15 is 0 Å². The molecule has 0 aliphatic carbocycles. The van der Waals surface area contributed by atoms with Crippen molar-refractivity contribution in [3.8, 4) is 0 Å². The number of halogens is 2. The molecule has 0 unspecified atom stereocenters. The van der Waals surface area contributed by atoms with Crippen molar-refractivity contribution in [2.24, 2.45) is 0 Å². The Labute approximate surface area is 122 Å². The van der Waals surface area contributed by atoms with Gasteiger partial charge >= 0.3 is 0 Å². The van der Waals surface area contributed by atoms with Crippen molar-refractivity contribution in [2.75, 3.05) is 17.2 Å². The molecule has 2 aromatic rings. The zero-order chi connectivity index (χ0) is 13.4. The van der Waals surface area contributed by atoms with Crippen molar-refractivity contribution in [3.63, 3.8) is 0 Å². The van der Waals surface area contributed by atoms with Gasteiger partial charge < -0.3 is 10.6 Å². The van der Waals surface area contributed by atoms with Crippen molar-refractivity contribution in [1.29, 1.82) is 0 Å². The van der Waals surface area contributed by atoms with Gasteiger partial charge in [-0.15, -0.1) is 0 Å². The third kappa shape index (κ3) is 2.38. The van der Waals surface area contributed by atoms with Gasteiger partial charge in [0.15, 0.2) is 0 Å². The SMILES string of the molecule is Nc1cccc2c1N(Cc1cc(Cl)ccc1Cl)CC2. The highest BCUT2D eigenvalue weighted by atomic mass is 35.5. The molecule has 1 aliphatic heterocycles. The molecule has 0 saturated heterocycles. The van der Waals surface area contributed by atoms with E-state index in [1.165, 1.54) is 5.56 Å². The van der Waals surface area contributed by atoms with Crippen LogP contribution in [0.5, 0.6) is 0 Å². The van der Waals surface area contributed by atoms with Gasteiger partial charge in [0, 0.05) is 23.1 Å². The van der Waals surface area contributed by atoms with Crippen LogP contribution >= 0.6 is 23.2 Å². The minimum absolute atomic E-state index is 0.708. The number of para-hydroxylation sites is 1. The zero-order valence-corrected chi connectivity index (χ0v) is 11.9. The second kappa shape index (κ2) is 4.95. The molecule has 2 aromatic carbocycles. The van der Waals surface area contributed by atoms with E-state index in [1.54, 1.807) is 6.07 Å². The molecular formula is C15H14Cl2N2. The average Bonchev–Trinajstić information content (AvgIpc) is 2.79. The first-order valence-corrected chi connectivity index (χ1v) is 6.97. The quantitative estimate of drug-likeness (QED) is 0.843. The van der Waals surface area contributed by atoms with Gasteiger partial charge in [-0.2, -0.15) is 0 Å². The van der Waals surface area contributed by atoms with Gasteiger partial charge in [0.1, 0.15) is 0 Å². The van der Waals surface area contributed by atoms with Crippen LogP contribution in [0, 0.1) is 0 Å². The molecule has 0 spiro atoms. The fraction of sp³-hybridized carbons (Fsp3) is 0.200. The van der Waals surface area contributed by atoms with Crippen LogP contribution in [0.3, 0.4) is 0 Å². The molecule has 1 aliphatic rings. The summed E-state index contributed by atoms with van der Waals surface area (Å²) in [5.41, 5.74) is 10.4. The lowest BCUT2D eigenvalue weighted by Gasteiger charge is -2.21. The molecule has 4 heteroatoms. The topological polar surface area (TPSA) is 29.3 Å². The Bertz CT molecular complexity index is 626. The number of benzene rings is 2. The smallest absolute Gasteiger partial charge is 0.0636 e. The van der Waals surface area contributed by atoms with Gasteiger partial charge in [-0.05, 0) is 41.8 Å². The molecule has 0 atom stereocenters. The maximum Gasteiger partial charge on any atom is 0.0636 e. The van der Waals surface area contributed by atoms with Crippen molar-refractivity contribution in [3.05, 3.63) is 57.6 Å². The number of nitrogens with zero attached hydrogens (tertiary/aromatic N) is 1. The maximum absolute atomic E-state index is 6.22. The summed E-state index contributed by atoms with van der Waals surface area (Å²) in [5.74, 6) is 0. The molecule has 0 saturated carbocycles. The Morgan fingerprint density at radius 2 is 2.00 bits per heavy atom. The molecule has 0 bridgehead atoms. The number of nitrogens with two attached hydrogens (primary N) is 1. The minimum atomic E-state index is 0.708. The largest absolute Gasteiger partial charge is 0.397 e. The Morgan fingerprint density at radius 3 is 2.84 bits per heavy atom. The van der Waals surface area contributed by atoms with Crippen molar-refractivity contribution in [2.45, 2.75) is 13.0 Å². The van der Waals surface area contributed by atoms with E-state index in [1.807, 2.05) is 24.3 Å². The summed E-state index contributed by atoms with van der Waals surface area (Å²) in [6, 6.07) is 11.6. The minimum Gasteiger partial charge on any atom is -0.397 e. The highest BCUT2D eigenvalue weighted by molar-refractivity contribution is 6.33. The monoisotopic (exact) mass is 292 g/mol. The highest BCUT2D eigenvalue weighted by Gasteiger charge is 2.21. The van der Waals surface area contributed by atoms with Crippen molar-refractivity contribution in [1.82, 2.24) is 0 Å². The van der Waals surface area contributed by atoms with Crippen LogP contribution in [0.2, 0.25) is 10.0 Å². The number of nitrogen functional groups attached to an aromatic ring is 1. The maximum atomic E-state index is 6.22. The molecule has 98 valence electrons. The third-order valence-corrected chi connectivity index (χ3v) is 4.09. The standard InChI is InChI=1S/C15H14Cl2N2/c16-12-4-5-13(17)11(8-12)9-19-7-6-10-2-1-3-14(18)15(10)19/h1-5,8H,6-7,9,18H2. The van der Waals surface area contributed by atoms with E-state index in [9.17, 15) is 0 Å². The van der Waals surface area contributed by atoms with Gasteiger partial charge in [0.25, 0.3) is 0 Å². The van der Waals surface area contributed by atoms with Gasteiger partial charge in [-0.3, -0.25) is 0 Å². The fourth-order valence-corrected chi connectivity index (χ4v) is 2.97. The predicted molar refractivity (Wildman–Crippen MR) is 82.1 cm³/mol. The number of hydrogen-bond acceptors (Lipinski definition) is 2. The molecule has 0 amide bonds. The summed E-state index contributed by atoms with van der Waals surface area (Å²) < 4.78 is 0. The van der Waals surface area contributed by atoms with E-state index in [4.69, 9.17) is 28.9 Å². The first-order valence-electron chi connectivity index (χ1n) is 6.21. The van der Waals surface area contributed by atoms with E-state index in [-0.39, 0.29) is 0 Å². The van der Waals surface area contributed by atoms with E-state index in [0.29, 0.717) is 5.02 Å². The van der Waals surface area contributed by atoms with Crippen LogP contribution in [0.1, 0.15) is 11.1 Å². The summed E-state index contributed by atoms with van der Waals surface area (Å²) in [7, 11) is 0. The molecular weight excluding hydrogens is 279 g/mol. The Morgan fingerprint density at radius 1 is 1.16 bits per heavy atom. The molecule has 0 fully saturated rings. The molecule has 1 heterocycles. The highest BCUT2D eigenvalue weighted by Crippen LogP contribution is 2.35. The van der Waals surface area contributed by atoms with E-state index in [0.717, 1.165) is 41.5 Å². The molecule has 19 heavy (non-hydrogen) atoms. The van der Waals surface area contributed by atoms with Gasteiger partial charge in [0.2, 0.25) is 0 Å². The summed E-state index contributed by atoms with van der Waals surface area (Å²) in [6.07, 6.45) is 1.03. The lowest BCUT2D eigenvalue weighted by molar-refractivity contribution is 0.837. The van der Waals surface area contributed by atoms with Gasteiger partial charge in [-0.25, -0.2) is 0 Å². The summed E-state index contributed by atoms with van der Waals surface area (Å²) in [5, 5.41) is 1.45. The molecule has 2 N–H and O–H groups in total. The molecule has 0 radical (unpaired) electrons. The zero-order valence-electron chi connectivity index (χ0n) is 10.4. The Hall–Kier alpha value is -1.38. The lowest BCUT2D eigenvalue weighted by atomic mass is 10.1. The van der Waals surface area contributed by atoms with Crippen LogP contribution in [0.25, 0.3) is 0 Å². The first-order chi connectivity index (χ1) is 9.15. The van der Waals surface area contributed by atoms with Crippen LogP contribution in [0.4, 0.5) is 11.4 Å². The first kappa shape index (κ1) is 12.6.